The van der Waals surface area contributed by atoms with Crippen LogP contribution < -0.4 is 0 Å². The highest BCUT2D eigenvalue weighted by Crippen LogP contribution is 2.18. The molecule has 1 unspecified atom stereocenters. The summed E-state index contributed by atoms with van der Waals surface area (Å²) in [4.78, 5) is 9.81. The highest BCUT2D eigenvalue weighted by molar-refractivity contribution is 5.66. The minimum Gasteiger partial charge on any atom is -0.481 e. The molecule has 0 aromatic carbocycles. The average Bonchev–Trinajstić information content (AvgIpc) is 2.30. The van der Waals surface area contributed by atoms with Crippen LogP contribution >= 0.6 is 0 Å². The molecule has 0 radical (unpaired) electrons. The van der Waals surface area contributed by atoms with E-state index in [9.17, 15) is 4.79 Å². The van der Waals surface area contributed by atoms with Crippen LogP contribution in [0.3, 0.4) is 0 Å². The molecule has 1 rings (SSSR count). The lowest BCUT2D eigenvalue weighted by atomic mass is 10.00. The third-order valence-electron chi connectivity index (χ3n) is 2.45. The van der Waals surface area contributed by atoms with Crippen molar-refractivity contribution in [1.29, 1.82) is 0 Å². The van der Waals surface area contributed by atoms with Crippen LogP contribution in [0.25, 0.3) is 0 Å². The summed E-state index contributed by atoms with van der Waals surface area (Å²) < 4.78 is 4.58. The van der Waals surface area contributed by atoms with Crippen molar-refractivity contribution in [2.45, 2.75) is 51.0 Å². The first kappa shape index (κ1) is 18.2. The van der Waals surface area contributed by atoms with Gasteiger partial charge in [0.05, 0.1) is 6.61 Å². The van der Waals surface area contributed by atoms with Crippen molar-refractivity contribution in [2.24, 2.45) is 5.92 Å². The zero-order valence-electron chi connectivity index (χ0n) is 10.9. The number of aliphatic hydroxyl groups is 5. The van der Waals surface area contributed by atoms with E-state index in [-0.39, 0.29) is 12.3 Å². The minimum atomic E-state index is -1.57. The Balaban J connectivity index is 0.000000399. The van der Waals surface area contributed by atoms with Crippen molar-refractivity contribution >= 4 is 5.97 Å². The van der Waals surface area contributed by atoms with Gasteiger partial charge in [0, 0.05) is 6.42 Å². The Morgan fingerprint density at radius 1 is 1.11 bits per heavy atom. The molecule has 0 spiro atoms. The molecule has 0 aromatic heterocycles. The molecule has 1 aliphatic heterocycles. The summed E-state index contributed by atoms with van der Waals surface area (Å²) in [5.74, 6) is -0.438. The van der Waals surface area contributed by atoms with Crippen molar-refractivity contribution in [3.05, 3.63) is 0 Å². The van der Waals surface area contributed by atoms with Crippen molar-refractivity contribution in [3.8, 4) is 0 Å². The van der Waals surface area contributed by atoms with Gasteiger partial charge in [0.15, 0.2) is 6.29 Å². The third kappa shape index (κ3) is 6.28. The van der Waals surface area contributed by atoms with Gasteiger partial charge in [0.25, 0.3) is 0 Å². The van der Waals surface area contributed by atoms with E-state index in [2.05, 4.69) is 4.74 Å². The number of hydrogen-bond donors (Lipinski definition) is 6. The van der Waals surface area contributed by atoms with E-state index < -0.39 is 43.3 Å². The van der Waals surface area contributed by atoms with E-state index in [1.165, 1.54) is 0 Å². The molecule has 1 aliphatic rings. The van der Waals surface area contributed by atoms with Gasteiger partial charge in [-0.2, -0.15) is 0 Å². The van der Waals surface area contributed by atoms with Gasteiger partial charge in [-0.3, -0.25) is 4.79 Å². The fourth-order valence-corrected chi connectivity index (χ4v) is 1.43. The quantitative estimate of drug-likeness (QED) is 0.345. The second-order valence-corrected chi connectivity index (χ2v) is 4.71. The summed E-state index contributed by atoms with van der Waals surface area (Å²) in [7, 11) is 0. The lowest BCUT2D eigenvalue weighted by molar-refractivity contribution is -0.286. The fraction of sp³-hybridized carbons (Fsp3) is 0.909. The monoisotopic (exact) mass is 282 g/mol. The fourth-order valence-electron chi connectivity index (χ4n) is 1.43. The number of carbonyl (C=O) groups is 1. The molecule has 0 amide bonds. The lowest BCUT2D eigenvalue weighted by Gasteiger charge is -2.37. The number of carboxylic acids is 1. The summed E-state index contributed by atoms with van der Waals surface area (Å²) in [6.07, 6.45) is -6.76. The van der Waals surface area contributed by atoms with Crippen molar-refractivity contribution in [1.82, 2.24) is 0 Å². The van der Waals surface area contributed by atoms with Gasteiger partial charge in [-0.05, 0) is 5.92 Å². The number of ether oxygens (including phenoxy) is 1. The first-order valence-corrected chi connectivity index (χ1v) is 5.91. The average molecular weight is 282 g/mol. The second-order valence-electron chi connectivity index (χ2n) is 4.71. The van der Waals surface area contributed by atoms with Crippen LogP contribution in [-0.2, 0) is 9.53 Å². The Hall–Kier alpha value is -0.770. The Morgan fingerprint density at radius 3 is 1.95 bits per heavy atom. The zero-order chi connectivity index (χ0) is 15.2. The molecule has 6 N–H and O–H groups in total. The molecule has 0 aromatic rings. The molecule has 8 nitrogen and oxygen atoms in total. The summed E-state index contributed by atoms with van der Waals surface area (Å²) in [6, 6.07) is 0. The number of aliphatic carboxylic acids is 1. The lowest BCUT2D eigenvalue weighted by Crippen LogP contribution is -2.58. The van der Waals surface area contributed by atoms with Gasteiger partial charge in [-0.15, -0.1) is 0 Å². The predicted molar refractivity (Wildman–Crippen MR) is 63.1 cm³/mol. The van der Waals surface area contributed by atoms with Crippen LogP contribution in [0.2, 0.25) is 0 Å². The zero-order valence-corrected chi connectivity index (χ0v) is 10.9. The van der Waals surface area contributed by atoms with Gasteiger partial charge >= 0.3 is 5.97 Å². The van der Waals surface area contributed by atoms with Crippen molar-refractivity contribution < 1.29 is 40.2 Å². The van der Waals surface area contributed by atoms with Crippen LogP contribution in [0.1, 0.15) is 20.3 Å². The third-order valence-corrected chi connectivity index (χ3v) is 2.45. The first-order chi connectivity index (χ1) is 8.70. The van der Waals surface area contributed by atoms with E-state index in [0.717, 1.165) is 0 Å². The Bertz CT molecular complexity index is 265. The Kier molecular flexibility index (Phi) is 8.07. The van der Waals surface area contributed by atoms with Crippen LogP contribution in [0.5, 0.6) is 0 Å². The Labute approximate surface area is 110 Å². The molecule has 1 heterocycles. The molecule has 8 heteroatoms. The predicted octanol–water partition coefficient (Wildman–Crippen LogP) is -2.10. The standard InChI is InChI=1S/C6H12O6.C5H10O2/c7-1-2-3(8)4(9)5(10)6(11)12-2;1-4(2)3-5(6)7/h2-11H,1H2;4H,3H2,1-2H3,(H,6,7)/t2-,3-,4+,5-,6?;/m1./s1. The van der Waals surface area contributed by atoms with Gasteiger partial charge in [0.1, 0.15) is 24.4 Å². The molecule has 1 fully saturated rings. The highest BCUT2D eigenvalue weighted by Gasteiger charge is 2.42. The largest absolute Gasteiger partial charge is 0.481 e. The molecule has 5 atom stereocenters. The highest BCUT2D eigenvalue weighted by atomic mass is 16.6. The first-order valence-electron chi connectivity index (χ1n) is 5.91. The van der Waals surface area contributed by atoms with Crippen molar-refractivity contribution in [2.75, 3.05) is 6.61 Å². The normalized spacial score (nSPS) is 34.6. The summed E-state index contributed by atoms with van der Waals surface area (Å²) in [6.45, 7) is 3.24. The van der Waals surface area contributed by atoms with Crippen LogP contribution in [-0.4, -0.2) is 73.9 Å². The number of carboxylic acid groups (broad SMARTS) is 1. The maximum absolute atomic E-state index is 9.81. The van der Waals surface area contributed by atoms with E-state index in [1.54, 1.807) is 0 Å². The molecule has 0 aliphatic carbocycles. The van der Waals surface area contributed by atoms with Gasteiger partial charge in [-0.1, -0.05) is 13.8 Å². The molecular formula is C11H22O8. The molecule has 0 saturated carbocycles. The minimum absolute atomic E-state index is 0.275. The van der Waals surface area contributed by atoms with Crippen LogP contribution in [0, 0.1) is 5.92 Å². The second kappa shape index (κ2) is 8.41. The van der Waals surface area contributed by atoms with E-state index in [0.29, 0.717) is 0 Å². The van der Waals surface area contributed by atoms with Gasteiger partial charge in [0.2, 0.25) is 0 Å². The van der Waals surface area contributed by atoms with Crippen LogP contribution in [0.15, 0.2) is 0 Å². The number of rotatable bonds is 3. The molecule has 19 heavy (non-hydrogen) atoms. The van der Waals surface area contributed by atoms with Gasteiger partial charge < -0.3 is 35.4 Å². The van der Waals surface area contributed by atoms with E-state index in [4.69, 9.17) is 30.6 Å². The smallest absolute Gasteiger partial charge is 0.303 e. The van der Waals surface area contributed by atoms with E-state index in [1.807, 2.05) is 13.8 Å². The molecule has 1 saturated heterocycles. The Morgan fingerprint density at radius 2 is 1.63 bits per heavy atom. The summed E-state index contributed by atoms with van der Waals surface area (Å²) in [5.41, 5.74) is 0. The number of hydrogen-bond acceptors (Lipinski definition) is 7. The molecular weight excluding hydrogens is 260 g/mol. The number of aliphatic hydroxyl groups excluding tert-OH is 5. The molecule has 114 valence electrons. The summed E-state index contributed by atoms with van der Waals surface area (Å²) >= 11 is 0. The van der Waals surface area contributed by atoms with Crippen molar-refractivity contribution in [3.63, 3.8) is 0 Å². The maximum atomic E-state index is 9.81. The van der Waals surface area contributed by atoms with Gasteiger partial charge in [-0.25, -0.2) is 0 Å². The SMILES string of the molecule is CC(C)CC(=O)O.OC[C@H]1OC(O)[C@H](O)[C@@H](O)[C@@H]1O. The molecule has 0 bridgehead atoms. The topological polar surface area (TPSA) is 148 Å². The summed E-state index contributed by atoms with van der Waals surface area (Å²) in [5, 5.41) is 52.7. The van der Waals surface area contributed by atoms with Crippen LogP contribution in [0.4, 0.5) is 0 Å². The van der Waals surface area contributed by atoms with E-state index >= 15 is 0 Å². The maximum Gasteiger partial charge on any atom is 0.303 e.